The first-order valence-electron chi connectivity index (χ1n) is 8.22. The Morgan fingerprint density at radius 1 is 1.23 bits per heavy atom. The van der Waals surface area contributed by atoms with E-state index in [1.165, 1.54) is 11.8 Å². The average Bonchev–Trinajstić information content (AvgIpc) is 3.08. The van der Waals surface area contributed by atoms with Crippen molar-refractivity contribution in [1.29, 1.82) is 0 Å². The molecule has 0 amide bonds. The van der Waals surface area contributed by atoms with Gasteiger partial charge in [-0.05, 0) is 43.3 Å². The third-order valence-corrected chi connectivity index (χ3v) is 5.81. The predicted molar refractivity (Wildman–Crippen MR) is 104 cm³/mol. The predicted octanol–water partition coefficient (Wildman–Crippen LogP) is 4.01. The molecule has 0 fully saturated rings. The highest BCUT2D eigenvalue weighted by Gasteiger charge is 2.10. The Kier molecular flexibility index (Phi) is 6.49. The lowest BCUT2D eigenvalue weighted by atomic mass is 10.2. The Bertz CT molecular complexity index is 830. The molecule has 1 aromatic heterocycles. The summed E-state index contributed by atoms with van der Waals surface area (Å²) in [7, 11) is 0. The van der Waals surface area contributed by atoms with Crippen LogP contribution in [0.15, 0.2) is 52.9 Å². The highest BCUT2D eigenvalue weighted by atomic mass is 32.2. The van der Waals surface area contributed by atoms with Crippen molar-refractivity contribution in [2.45, 2.75) is 17.4 Å². The fourth-order valence-corrected chi connectivity index (χ4v) is 4.22. The third-order valence-electron chi connectivity index (χ3n) is 3.48. The van der Waals surface area contributed by atoms with Crippen LogP contribution < -0.4 is 4.74 Å². The van der Waals surface area contributed by atoms with Crippen molar-refractivity contribution in [1.82, 2.24) is 4.98 Å². The van der Waals surface area contributed by atoms with Crippen LogP contribution in [0.5, 0.6) is 5.75 Å². The minimum atomic E-state index is -0.614. The number of carbonyl (C=O) groups excluding carboxylic acids is 1. The second kappa shape index (κ2) is 9.02. The van der Waals surface area contributed by atoms with Crippen molar-refractivity contribution in [2.24, 2.45) is 0 Å². The number of thioether (sulfide) groups is 1. The number of hydrogen-bond donors (Lipinski definition) is 1. The van der Waals surface area contributed by atoms with E-state index >= 15 is 0 Å². The fourth-order valence-electron chi connectivity index (χ4n) is 2.22. The summed E-state index contributed by atoms with van der Waals surface area (Å²) in [4.78, 5) is 16.1. The quantitative estimate of drug-likeness (QED) is 0.464. The van der Waals surface area contributed by atoms with Gasteiger partial charge < -0.3 is 14.6 Å². The number of fused-ring (bicyclic) bond motifs is 1. The molecule has 1 N–H and O–H groups in total. The Morgan fingerprint density at radius 3 is 2.73 bits per heavy atom. The average molecular weight is 389 g/mol. The second-order valence-electron chi connectivity index (χ2n) is 5.47. The molecule has 1 heterocycles. The number of nitrogens with zero attached hydrogens (tertiary/aromatic N) is 1. The first kappa shape index (κ1) is 18.7. The minimum Gasteiger partial charge on any atom is -0.491 e. The van der Waals surface area contributed by atoms with E-state index < -0.39 is 6.10 Å². The summed E-state index contributed by atoms with van der Waals surface area (Å²) < 4.78 is 12.6. The summed E-state index contributed by atoms with van der Waals surface area (Å²) in [5.74, 6) is 0.745. The van der Waals surface area contributed by atoms with Crippen molar-refractivity contribution in [3.8, 4) is 5.75 Å². The molecule has 3 rings (SSSR count). The second-order valence-corrected chi connectivity index (χ2v) is 7.77. The smallest absolute Gasteiger partial charge is 0.338 e. The molecule has 0 aliphatic rings. The molecule has 0 aliphatic heterocycles. The molecule has 26 heavy (non-hydrogen) atoms. The van der Waals surface area contributed by atoms with Gasteiger partial charge in [0, 0.05) is 5.75 Å². The number of hydrogen-bond acceptors (Lipinski definition) is 7. The van der Waals surface area contributed by atoms with Crippen molar-refractivity contribution in [3.63, 3.8) is 0 Å². The number of aliphatic hydroxyl groups is 1. The topological polar surface area (TPSA) is 68.7 Å². The highest BCUT2D eigenvalue weighted by molar-refractivity contribution is 8.01. The maximum Gasteiger partial charge on any atom is 0.338 e. The van der Waals surface area contributed by atoms with Crippen LogP contribution in [0, 0.1) is 0 Å². The van der Waals surface area contributed by atoms with E-state index in [1.807, 2.05) is 24.3 Å². The zero-order valence-electron chi connectivity index (χ0n) is 14.3. The molecule has 1 atom stereocenters. The van der Waals surface area contributed by atoms with Crippen molar-refractivity contribution < 1.29 is 19.4 Å². The van der Waals surface area contributed by atoms with Gasteiger partial charge in [0.2, 0.25) is 0 Å². The van der Waals surface area contributed by atoms with Crippen molar-refractivity contribution in [3.05, 3.63) is 54.1 Å². The summed E-state index contributed by atoms with van der Waals surface area (Å²) in [6.45, 7) is 2.29. The molecular weight excluding hydrogens is 370 g/mol. The SMILES string of the molecule is CCOC(=O)c1ccc(OCC(O)CSc2nc3ccccc3s2)cc1. The highest BCUT2D eigenvalue weighted by Crippen LogP contribution is 2.29. The number of ether oxygens (including phenoxy) is 2. The molecule has 0 bridgehead atoms. The summed E-state index contributed by atoms with van der Waals surface area (Å²) in [5, 5.41) is 10.1. The van der Waals surface area contributed by atoms with E-state index in [4.69, 9.17) is 9.47 Å². The number of aliphatic hydroxyl groups excluding tert-OH is 1. The normalized spacial score (nSPS) is 12.1. The Morgan fingerprint density at radius 2 is 2.00 bits per heavy atom. The van der Waals surface area contributed by atoms with Gasteiger partial charge in [0.05, 0.1) is 28.5 Å². The van der Waals surface area contributed by atoms with E-state index in [9.17, 15) is 9.90 Å². The summed E-state index contributed by atoms with van der Waals surface area (Å²) >= 11 is 3.14. The minimum absolute atomic E-state index is 0.177. The van der Waals surface area contributed by atoms with Gasteiger partial charge in [0.1, 0.15) is 12.4 Å². The first-order valence-corrected chi connectivity index (χ1v) is 10.0. The summed E-state index contributed by atoms with van der Waals surface area (Å²) in [6, 6.07) is 14.7. The molecule has 136 valence electrons. The molecule has 5 nitrogen and oxygen atoms in total. The third kappa shape index (κ3) is 4.97. The molecule has 0 saturated heterocycles. The lowest BCUT2D eigenvalue weighted by molar-refractivity contribution is 0.0526. The van der Waals surface area contributed by atoms with Gasteiger partial charge in [-0.1, -0.05) is 23.9 Å². The van der Waals surface area contributed by atoms with E-state index in [-0.39, 0.29) is 12.6 Å². The number of benzene rings is 2. The number of carbonyl (C=O) groups is 1. The van der Waals surface area contributed by atoms with Gasteiger partial charge in [-0.15, -0.1) is 11.3 Å². The van der Waals surface area contributed by atoms with Crippen LogP contribution in [0.1, 0.15) is 17.3 Å². The van der Waals surface area contributed by atoms with Crippen LogP contribution in [0.3, 0.4) is 0 Å². The Hall–Kier alpha value is -2.09. The van der Waals surface area contributed by atoms with Gasteiger partial charge >= 0.3 is 5.97 Å². The van der Waals surface area contributed by atoms with E-state index in [0.29, 0.717) is 23.7 Å². The molecule has 1 unspecified atom stereocenters. The number of esters is 1. The standard InChI is InChI=1S/C19H19NO4S2/c1-2-23-18(22)13-7-9-15(10-8-13)24-11-14(21)12-25-19-20-16-5-3-4-6-17(16)26-19/h3-10,14,21H,2,11-12H2,1H3. The van der Waals surface area contributed by atoms with E-state index in [2.05, 4.69) is 4.98 Å². The van der Waals surface area contributed by atoms with Gasteiger partial charge in [-0.3, -0.25) is 0 Å². The molecule has 3 aromatic rings. The fraction of sp³-hybridized carbons (Fsp3) is 0.263. The van der Waals surface area contributed by atoms with Crippen LogP contribution in [-0.2, 0) is 4.74 Å². The van der Waals surface area contributed by atoms with Gasteiger partial charge in [-0.25, -0.2) is 9.78 Å². The maximum atomic E-state index is 11.6. The monoisotopic (exact) mass is 389 g/mol. The van der Waals surface area contributed by atoms with Gasteiger partial charge in [0.15, 0.2) is 4.34 Å². The summed E-state index contributed by atoms with van der Waals surface area (Å²) in [6.07, 6.45) is -0.614. The largest absolute Gasteiger partial charge is 0.491 e. The number of thiazole rings is 1. The molecule has 7 heteroatoms. The van der Waals surface area contributed by atoms with E-state index in [0.717, 1.165) is 14.6 Å². The zero-order chi connectivity index (χ0) is 18.4. The Balaban J connectivity index is 1.46. The molecule has 0 spiro atoms. The molecule has 2 aromatic carbocycles. The van der Waals surface area contributed by atoms with Crippen molar-refractivity contribution >= 4 is 39.3 Å². The summed E-state index contributed by atoms with van der Waals surface area (Å²) in [5.41, 5.74) is 1.46. The number of para-hydroxylation sites is 1. The lowest BCUT2D eigenvalue weighted by Crippen LogP contribution is -2.20. The van der Waals surface area contributed by atoms with Crippen LogP contribution >= 0.6 is 23.1 Å². The van der Waals surface area contributed by atoms with E-state index in [1.54, 1.807) is 42.5 Å². The number of rotatable bonds is 8. The van der Waals surface area contributed by atoms with Crippen molar-refractivity contribution in [2.75, 3.05) is 19.0 Å². The van der Waals surface area contributed by atoms with Crippen LogP contribution in [0.2, 0.25) is 0 Å². The molecule has 0 aliphatic carbocycles. The number of aromatic nitrogens is 1. The van der Waals surface area contributed by atoms with Gasteiger partial charge in [-0.2, -0.15) is 0 Å². The lowest BCUT2D eigenvalue weighted by Gasteiger charge is -2.11. The Labute approximate surface area is 160 Å². The molecule has 0 radical (unpaired) electrons. The van der Waals surface area contributed by atoms with Gasteiger partial charge in [0.25, 0.3) is 0 Å². The first-order chi connectivity index (χ1) is 12.7. The van der Waals surface area contributed by atoms with Crippen LogP contribution in [0.4, 0.5) is 0 Å². The maximum absolute atomic E-state index is 11.6. The van der Waals surface area contributed by atoms with Crippen LogP contribution in [0.25, 0.3) is 10.2 Å². The molecule has 0 saturated carbocycles. The molecular formula is C19H19NO4S2. The van der Waals surface area contributed by atoms with Crippen LogP contribution in [-0.4, -0.2) is 41.1 Å². The zero-order valence-corrected chi connectivity index (χ0v) is 15.9.